The third kappa shape index (κ3) is 3.58. The first-order valence-corrected chi connectivity index (χ1v) is 7.31. The molecule has 3 fully saturated rings. The Morgan fingerprint density at radius 1 is 1.16 bits per heavy atom. The van der Waals surface area contributed by atoms with Crippen molar-refractivity contribution in [2.45, 2.75) is 25.0 Å². The largest absolute Gasteiger partial charge is 0.378 e. The van der Waals surface area contributed by atoms with E-state index in [4.69, 9.17) is 15.2 Å². The molecule has 0 aromatic rings. The number of nitrogens with two attached hydrogens (primary N) is 1. The molecular formula is C13H24N4O2. The minimum absolute atomic E-state index is 0.203. The van der Waals surface area contributed by atoms with E-state index in [1.807, 2.05) is 0 Å². The molecule has 0 radical (unpaired) electrons. The van der Waals surface area contributed by atoms with Gasteiger partial charge in [0.05, 0.1) is 32.5 Å². The van der Waals surface area contributed by atoms with E-state index in [9.17, 15) is 0 Å². The Labute approximate surface area is 114 Å². The number of hydrogen-bond acceptors (Lipinski definition) is 4. The van der Waals surface area contributed by atoms with Gasteiger partial charge in [-0.05, 0) is 12.8 Å². The predicted molar refractivity (Wildman–Crippen MR) is 73.2 cm³/mol. The van der Waals surface area contributed by atoms with Crippen molar-refractivity contribution in [3.05, 3.63) is 0 Å². The lowest BCUT2D eigenvalue weighted by atomic mass is 10.2. The molecule has 2 heterocycles. The van der Waals surface area contributed by atoms with Gasteiger partial charge in [-0.1, -0.05) is 0 Å². The van der Waals surface area contributed by atoms with Crippen molar-refractivity contribution in [3.8, 4) is 0 Å². The Kier molecular flexibility index (Phi) is 4.20. The fraction of sp³-hybridized carbons (Fsp3) is 0.923. The summed E-state index contributed by atoms with van der Waals surface area (Å²) in [7, 11) is 0. The maximum absolute atomic E-state index is 6.02. The summed E-state index contributed by atoms with van der Waals surface area (Å²) < 4.78 is 11.1. The lowest BCUT2D eigenvalue weighted by Gasteiger charge is -2.32. The first kappa shape index (κ1) is 13.1. The van der Waals surface area contributed by atoms with Gasteiger partial charge < -0.3 is 20.1 Å². The van der Waals surface area contributed by atoms with E-state index in [1.54, 1.807) is 0 Å². The normalized spacial score (nSPS) is 30.6. The number of guanidine groups is 1. The smallest absolute Gasteiger partial charge is 0.191 e. The molecule has 6 nitrogen and oxygen atoms in total. The summed E-state index contributed by atoms with van der Waals surface area (Å²) in [4.78, 5) is 9.12. The van der Waals surface area contributed by atoms with E-state index in [-0.39, 0.29) is 6.10 Å². The lowest BCUT2D eigenvalue weighted by molar-refractivity contribution is -0.0260. The van der Waals surface area contributed by atoms with Crippen LogP contribution >= 0.6 is 0 Å². The Bertz CT molecular complexity index is 327. The molecule has 6 heteroatoms. The molecule has 2 aliphatic heterocycles. The number of morpholine rings is 2. The molecule has 1 aliphatic carbocycles. The van der Waals surface area contributed by atoms with Crippen molar-refractivity contribution in [3.63, 3.8) is 0 Å². The van der Waals surface area contributed by atoms with Crippen molar-refractivity contribution in [2.75, 3.05) is 52.5 Å². The van der Waals surface area contributed by atoms with E-state index >= 15 is 0 Å². The van der Waals surface area contributed by atoms with Crippen LogP contribution in [0.4, 0.5) is 0 Å². The number of aliphatic imine (C=N–C) groups is 1. The van der Waals surface area contributed by atoms with Gasteiger partial charge in [0.1, 0.15) is 0 Å². The van der Waals surface area contributed by atoms with E-state index in [1.165, 1.54) is 12.8 Å². The Balaban J connectivity index is 1.46. The molecular weight excluding hydrogens is 244 g/mol. The van der Waals surface area contributed by atoms with Crippen LogP contribution in [0.1, 0.15) is 12.8 Å². The first-order valence-electron chi connectivity index (χ1n) is 7.31. The standard InChI is InChI=1S/C13H24N4O2/c14-13(16-3-6-18-7-4-16)15-9-12-10-17(5-8-19-12)11-1-2-11/h11-12H,1-10H2,(H2,14,15). The van der Waals surface area contributed by atoms with Gasteiger partial charge >= 0.3 is 0 Å². The van der Waals surface area contributed by atoms with E-state index in [0.29, 0.717) is 12.5 Å². The van der Waals surface area contributed by atoms with E-state index in [0.717, 1.165) is 52.0 Å². The van der Waals surface area contributed by atoms with Gasteiger partial charge in [-0.25, -0.2) is 0 Å². The summed E-state index contributed by atoms with van der Waals surface area (Å²) in [5.41, 5.74) is 6.02. The Morgan fingerprint density at radius 2 is 1.95 bits per heavy atom. The minimum Gasteiger partial charge on any atom is -0.378 e. The molecule has 2 N–H and O–H groups in total. The Hall–Kier alpha value is -0.850. The maximum atomic E-state index is 6.02. The van der Waals surface area contributed by atoms with Gasteiger partial charge in [0.25, 0.3) is 0 Å². The second-order valence-electron chi connectivity index (χ2n) is 5.52. The van der Waals surface area contributed by atoms with Gasteiger partial charge in [0, 0.05) is 32.2 Å². The average Bonchev–Trinajstić information content (AvgIpc) is 3.31. The molecule has 3 aliphatic rings. The molecule has 0 spiro atoms. The van der Waals surface area contributed by atoms with E-state index in [2.05, 4.69) is 14.8 Å². The summed E-state index contributed by atoms with van der Waals surface area (Å²) in [6.07, 6.45) is 2.91. The topological polar surface area (TPSA) is 63.3 Å². The third-order valence-electron chi connectivity index (χ3n) is 4.03. The van der Waals surface area contributed by atoms with Crippen molar-refractivity contribution in [1.82, 2.24) is 9.80 Å². The molecule has 3 rings (SSSR count). The second kappa shape index (κ2) is 6.07. The monoisotopic (exact) mass is 268 g/mol. The highest BCUT2D eigenvalue weighted by Gasteiger charge is 2.32. The minimum atomic E-state index is 0.203. The lowest BCUT2D eigenvalue weighted by Crippen LogP contribution is -2.47. The zero-order valence-electron chi connectivity index (χ0n) is 11.5. The predicted octanol–water partition coefficient (Wildman–Crippen LogP) is -0.503. The van der Waals surface area contributed by atoms with E-state index < -0.39 is 0 Å². The van der Waals surface area contributed by atoms with Gasteiger partial charge in [0.2, 0.25) is 0 Å². The zero-order valence-corrected chi connectivity index (χ0v) is 11.5. The zero-order chi connectivity index (χ0) is 13.1. The van der Waals surface area contributed by atoms with Crippen LogP contribution in [-0.2, 0) is 9.47 Å². The number of rotatable bonds is 3. The van der Waals surface area contributed by atoms with Gasteiger partial charge in [-0.3, -0.25) is 9.89 Å². The van der Waals surface area contributed by atoms with Crippen LogP contribution in [0.2, 0.25) is 0 Å². The SMILES string of the molecule is NC(=NCC1CN(C2CC2)CCO1)N1CCOCC1. The summed E-state index contributed by atoms with van der Waals surface area (Å²) in [6.45, 7) is 6.75. The Morgan fingerprint density at radius 3 is 2.68 bits per heavy atom. The highest BCUT2D eigenvalue weighted by atomic mass is 16.5. The molecule has 0 bridgehead atoms. The fourth-order valence-electron chi connectivity index (χ4n) is 2.71. The first-order chi connectivity index (χ1) is 9.33. The highest BCUT2D eigenvalue weighted by molar-refractivity contribution is 5.78. The molecule has 0 amide bonds. The summed E-state index contributed by atoms with van der Waals surface area (Å²) in [6, 6.07) is 0.812. The van der Waals surface area contributed by atoms with Gasteiger partial charge in [-0.15, -0.1) is 0 Å². The van der Waals surface area contributed by atoms with Crippen LogP contribution in [0.3, 0.4) is 0 Å². The summed E-state index contributed by atoms with van der Waals surface area (Å²) in [5.74, 6) is 0.635. The van der Waals surface area contributed by atoms with Crippen molar-refractivity contribution >= 4 is 5.96 Å². The highest BCUT2D eigenvalue weighted by Crippen LogP contribution is 2.28. The van der Waals surface area contributed by atoms with Crippen LogP contribution in [0.5, 0.6) is 0 Å². The molecule has 0 aromatic heterocycles. The quantitative estimate of drug-likeness (QED) is 0.552. The van der Waals surface area contributed by atoms with Gasteiger partial charge in [-0.2, -0.15) is 0 Å². The van der Waals surface area contributed by atoms with Gasteiger partial charge in [0.15, 0.2) is 5.96 Å². The van der Waals surface area contributed by atoms with Crippen LogP contribution in [0.15, 0.2) is 4.99 Å². The molecule has 1 unspecified atom stereocenters. The van der Waals surface area contributed by atoms with Crippen LogP contribution < -0.4 is 5.73 Å². The molecule has 108 valence electrons. The molecule has 0 aromatic carbocycles. The van der Waals surface area contributed by atoms with Crippen molar-refractivity contribution in [2.24, 2.45) is 10.7 Å². The maximum Gasteiger partial charge on any atom is 0.191 e. The second-order valence-corrected chi connectivity index (χ2v) is 5.52. The average molecular weight is 268 g/mol. The van der Waals surface area contributed by atoms with Crippen molar-refractivity contribution < 1.29 is 9.47 Å². The fourth-order valence-corrected chi connectivity index (χ4v) is 2.71. The van der Waals surface area contributed by atoms with Crippen LogP contribution in [0, 0.1) is 0 Å². The molecule has 2 saturated heterocycles. The molecule has 1 atom stereocenters. The van der Waals surface area contributed by atoms with Crippen LogP contribution in [-0.4, -0.2) is 80.4 Å². The number of nitrogens with zero attached hydrogens (tertiary/aromatic N) is 3. The molecule has 19 heavy (non-hydrogen) atoms. The van der Waals surface area contributed by atoms with Crippen LogP contribution in [0.25, 0.3) is 0 Å². The third-order valence-corrected chi connectivity index (χ3v) is 4.03. The molecule has 1 saturated carbocycles. The summed E-state index contributed by atoms with van der Waals surface area (Å²) in [5, 5.41) is 0. The summed E-state index contributed by atoms with van der Waals surface area (Å²) >= 11 is 0. The number of hydrogen-bond donors (Lipinski definition) is 1. The number of ether oxygens (including phenoxy) is 2. The van der Waals surface area contributed by atoms with Crippen molar-refractivity contribution in [1.29, 1.82) is 0 Å².